The van der Waals surface area contributed by atoms with Crippen molar-refractivity contribution in [3.05, 3.63) is 53.7 Å². The third-order valence-corrected chi connectivity index (χ3v) is 5.47. The molecule has 2 heterocycles. The van der Waals surface area contributed by atoms with Gasteiger partial charge in [0.25, 0.3) is 5.91 Å². The number of carbonyl (C=O) groups is 1. The molecule has 0 aliphatic carbocycles. The second-order valence-corrected chi connectivity index (χ2v) is 7.59. The number of benzene rings is 2. The van der Waals surface area contributed by atoms with Crippen LogP contribution in [0.4, 0.5) is 11.8 Å². The largest absolute Gasteiger partial charge is 0.493 e. The van der Waals surface area contributed by atoms with Gasteiger partial charge in [-0.3, -0.25) is 4.79 Å². The summed E-state index contributed by atoms with van der Waals surface area (Å²) in [7, 11) is 0. The summed E-state index contributed by atoms with van der Waals surface area (Å²) < 4.78 is 5.82. The summed E-state index contributed by atoms with van der Waals surface area (Å²) in [6, 6.07) is 13.9. The number of hydrogen-bond acceptors (Lipinski definition) is 6. The van der Waals surface area contributed by atoms with Crippen molar-refractivity contribution in [3.8, 4) is 5.75 Å². The van der Waals surface area contributed by atoms with Gasteiger partial charge in [-0.2, -0.15) is 4.98 Å². The molecule has 0 atom stereocenters. The smallest absolute Gasteiger partial charge is 0.258 e. The Hall–Kier alpha value is -3.35. The first-order valence-corrected chi connectivity index (χ1v) is 10.9. The molecular weight excluding hydrogens is 390 g/mol. The lowest BCUT2D eigenvalue weighted by molar-refractivity contribution is 0.0744. The molecule has 1 aliphatic rings. The Kier molecular flexibility index (Phi) is 6.21. The molecule has 7 nitrogen and oxygen atoms in total. The molecular formula is C24H29N5O2. The van der Waals surface area contributed by atoms with Crippen LogP contribution < -0.4 is 15.0 Å². The van der Waals surface area contributed by atoms with E-state index in [0.29, 0.717) is 37.0 Å². The molecule has 0 unspecified atom stereocenters. The van der Waals surface area contributed by atoms with E-state index in [2.05, 4.69) is 20.2 Å². The fourth-order valence-corrected chi connectivity index (χ4v) is 4.00. The number of ether oxygens (including phenoxy) is 1. The summed E-state index contributed by atoms with van der Waals surface area (Å²) in [6.45, 7) is 9.95. The lowest BCUT2D eigenvalue weighted by Gasteiger charge is -2.36. The highest BCUT2D eigenvalue weighted by Crippen LogP contribution is 2.30. The Balaban J connectivity index is 1.55. The molecule has 2 aromatic carbocycles. The van der Waals surface area contributed by atoms with Crippen LogP contribution in [0.2, 0.25) is 0 Å². The highest BCUT2D eigenvalue weighted by molar-refractivity contribution is 6.09. The van der Waals surface area contributed by atoms with Gasteiger partial charge in [-0.05, 0) is 37.6 Å². The number of piperazine rings is 1. The molecule has 4 rings (SSSR count). The minimum absolute atomic E-state index is 0.0205. The molecule has 162 valence electrons. The van der Waals surface area contributed by atoms with Crippen molar-refractivity contribution in [2.75, 3.05) is 49.5 Å². The summed E-state index contributed by atoms with van der Waals surface area (Å²) in [5.74, 6) is 2.21. The van der Waals surface area contributed by atoms with Crippen LogP contribution >= 0.6 is 0 Å². The molecule has 1 N–H and O–H groups in total. The molecule has 1 aliphatic heterocycles. The molecule has 0 radical (unpaired) electrons. The van der Waals surface area contributed by atoms with Gasteiger partial charge in [-0.25, -0.2) is 4.98 Å². The van der Waals surface area contributed by atoms with E-state index in [1.807, 2.05) is 68.1 Å². The lowest BCUT2D eigenvalue weighted by atomic mass is 10.0. The summed E-state index contributed by atoms with van der Waals surface area (Å²) in [5, 5.41) is 5.16. The van der Waals surface area contributed by atoms with Gasteiger partial charge in [0.15, 0.2) is 0 Å². The summed E-state index contributed by atoms with van der Waals surface area (Å²) in [5.41, 5.74) is 1.58. The van der Waals surface area contributed by atoms with E-state index in [-0.39, 0.29) is 5.91 Å². The molecule has 3 aromatic rings. The summed E-state index contributed by atoms with van der Waals surface area (Å²) >= 11 is 0. The average molecular weight is 420 g/mol. The predicted molar refractivity (Wildman–Crippen MR) is 124 cm³/mol. The zero-order valence-electron chi connectivity index (χ0n) is 18.4. The van der Waals surface area contributed by atoms with E-state index in [0.717, 1.165) is 41.9 Å². The number of anilines is 2. The summed E-state index contributed by atoms with van der Waals surface area (Å²) in [4.78, 5) is 26.7. The Morgan fingerprint density at radius 2 is 1.84 bits per heavy atom. The average Bonchev–Trinajstić information content (AvgIpc) is 2.79. The maximum absolute atomic E-state index is 13.5. The maximum Gasteiger partial charge on any atom is 0.258 e. The van der Waals surface area contributed by atoms with Gasteiger partial charge >= 0.3 is 0 Å². The van der Waals surface area contributed by atoms with Crippen molar-refractivity contribution >= 4 is 28.4 Å². The van der Waals surface area contributed by atoms with Crippen LogP contribution in [0.15, 0.2) is 42.5 Å². The highest BCUT2D eigenvalue weighted by Gasteiger charge is 2.27. The van der Waals surface area contributed by atoms with Crippen molar-refractivity contribution in [2.24, 2.45) is 0 Å². The Labute approximate surface area is 183 Å². The second kappa shape index (κ2) is 9.20. The van der Waals surface area contributed by atoms with E-state index in [9.17, 15) is 4.79 Å². The van der Waals surface area contributed by atoms with Crippen LogP contribution in [0, 0.1) is 6.92 Å². The maximum atomic E-state index is 13.5. The number of carbonyl (C=O) groups excluding carboxylic acids is 1. The number of nitrogens with zero attached hydrogens (tertiary/aromatic N) is 4. The minimum atomic E-state index is 0.0205. The van der Waals surface area contributed by atoms with Crippen molar-refractivity contribution in [2.45, 2.75) is 20.8 Å². The quantitative estimate of drug-likeness (QED) is 0.657. The summed E-state index contributed by atoms with van der Waals surface area (Å²) in [6.07, 6.45) is 0. The zero-order chi connectivity index (χ0) is 21.8. The molecule has 0 spiro atoms. The predicted octanol–water partition coefficient (Wildman–Crippen LogP) is 3.73. The van der Waals surface area contributed by atoms with Crippen molar-refractivity contribution in [3.63, 3.8) is 0 Å². The van der Waals surface area contributed by atoms with E-state index in [4.69, 9.17) is 4.74 Å². The Morgan fingerprint density at radius 1 is 1.06 bits per heavy atom. The number of hydrogen-bond donors (Lipinski definition) is 1. The van der Waals surface area contributed by atoms with Crippen LogP contribution in [-0.4, -0.2) is 60.1 Å². The first kappa shape index (κ1) is 20.9. The number of aryl methyl sites for hydroxylation is 1. The first-order valence-electron chi connectivity index (χ1n) is 10.9. The molecule has 7 heteroatoms. The van der Waals surface area contributed by atoms with Crippen LogP contribution in [0.3, 0.4) is 0 Å². The Morgan fingerprint density at radius 3 is 2.58 bits per heavy atom. The fourth-order valence-electron chi connectivity index (χ4n) is 4.00. The lowest BCUT2D eigenvalue weighted by Crippen LogP contribution is -2.49. The van der Waals surface area contributed by atoms with Crippen LogP contribution in [0.25, 0.3) is 10.8 Å². The van der Waals surface area contributed by atoms with Gasteiger partial charge in [0.2, 0.25) is 5.95 Å². The Bertz CT molecular complexity index is 1080. The van der Waals surface area contributed by atoms with Gasteiger partial charge in [0.05, 0.1) is 12.2 Å². The number of amides is 1. The molecule has 1 saturated heterocycles. The van der Waals surface area contributed by atoms with Crippen molar-refractivity contribution < 1.29 is 9.53 Å². The van der Waals surface area contributed by atoms with Gasteiger partial charge < -0.3 is 19.9 Å². The topological polar surface area (TPSA) is 70.6 Å². The highest BCUT2D eigenvalue weighted by atomic mass is 16.5. The minimum Gasteiger partial charge on any atom is -0.493 e. The van der Waals surface area contributed by atoms with Gasteiger partial charge in [-0.1, -0.05) is 30.3 Å². The van der Waals surface area contributed by atoms with E-state index in [1.54, 1.807) is 0 Å². The standard InChI is InChI=1S/C24H29N5O2/c1-4-25-24-26-17(3)16-21(27-24)28-12-14-29(15-13-28)23(30)22-19-9-7-6-8-18(19)10-11-20(22)31-5-2/h6-11,16H,4-5,12-15H2,1-3H3,(H,25,26,27). The number of fused-ring (bicyclic) bond motifs is 1. The van der Waals surface area contributed by atoms with E-state index in [1.165, 1.54) is 0 Å². The van der Waals surface area contributed by atoms with Crippen LogP contribution in [0.1, 0.15) is 29.9 Å². The van der Waals surface area contributed by atoms with Gasteiger partial charge in [-0.15, -0.1) is 0 Å². The second-order valence-electron chi connectivity index (χ2n) is 7.59. The monoisotopic (exact) mass is 419 g/mol. The number of aromatic nitrogens is 2. The molecule has 1 fully saturated rings. The van der Waals surface area contributed by atoms with Gasteiger partial charge in [0, 0.05) is 44.5 Å². The third-order valence-electron chi connectivity index (χ3n) is 5.47. The molecule has 1 amide bonds. The van der Waals surface area contributed by atoms with E-state index >= 15 is 0 Å². The normalized spacial score (nSPS) is 14.0. The molecule has 0 saturated carbocycles. The third kappa shape index (κ3) is 4.40. The zero-order valence-corrected chi connectivity index (χ0v) is 18.4. The van der Waals surface area contributed by atoms with Gasteiger partial charge in [0.1, 0.15) is 11.6 Å². The molecule has 31 heavy (non-hydrogen) atoms. The van der Waals surface area contributed by atoms with E-state index < -0.39 is 0 Å². The molecule has 0 bridgehead atoms. The van der Waals surface area contributed by atoms with Crippen molar-refractivity contribution in [1.82, 2.24) is 14.9 Å². The first-order chi connectivity index (χ1) is 15.1. The fraction of sp³-hybridized carbons (Fsp3) is 0.375. The SMILES string of the molecule is CCNc1nc(C)cc(N2CCN(C(=O)c3c(OCC)ccc4ccccc34)CC2)n1. The number of rotatable bonds is 6. The van der Waals surface area contributed by atoms with Crippen molar-refractivity contribution in [1.29, 1.82) is 0 Å². The molecule has 1 aromatic heterocycles. The number of nitrogens with one attached hydrogen (secondary N) is 1. The van der Waals surface area contributed by atoms with Crippen LogP contribution in [-0.2, 0) is 0 Å². The van der Waals surface area contributed by atoms with Crippen LogP contribution in [0.5, 0.6) is 5.75 Å².